The molecular formula is C23H26N2O4. The first kappa shape index (κ1) is 18.4. The van der Waals surface area contributed by atoms with E-state index in [9.17, 15) is 9.59 Å². The smallest absolute Gasteiger partial charge is 0.314 e. The van der Waals surface area contributed by atoms with E-state index in [-0.39, 0.29) is 24.0 Å². The van der Waals surface area contributed by atoms with Crippen molar-refractivity contribution in [2.75, 3.05) is 6.61 Å². The normalized spacial score (nSPS) is 28.0. The molecule has 0 radical (unpaired) electrons. The maximum absolute atomic E-state index is 13.3. The average molecular weight is 394 g/mol. The summed E-state index contributed by atoms with van der Waals surface area (Å²) in [6.45, 7) is 2.17. The van der Waals surface area contributed by atoms with Gasteiger partial charge in [-0.1, -0.05) is 35.5 Å². The molecule has 0 unspecified atom stereocenters. The number of aromatic nitrogens is 1. The summed E-state index contributed by atoms with van der Waals surface area (Å²) >= 11 is 0. The van der Waals surface area contributed by atoms with Crippen LogP contribution in [0.4, 0.5) is 0 Å². The van der Waals surface area contributed by atoms with Crippen LogP contribution in [0.1, 0.15) is 66.8 Å². The molecule has 152 valence electrons. The maximum atomic E-state index is 13.3. The highest BCUT2D eigenvalue weighted by Crippen LogP contribution is 2.53. The van der Waals surface area contributed by atoms with Crippen molar-refractivity contribution in [1.82, 2.24) is 10.1 Å². The minimum absolute atomic E-state index is 0.0371. The van der Waals surface area contributed by atoms with Crippen molar-refractivity contribution in [3.63, 3.8) is 0 Å². The molecule has 3 aliphatic rings. The Labute approximate surface area is 170 Å². The van der Waals surface area contributed by atoms with E-state index < -0.39 is 5.41 Å². The molecular weight excluding hydrogens is 368 g/mol. The Kier molecular flexibility index (Phi) is 4.45. The molecule has 3 heterocycles. The van der Waals surface area contributed by atoms with Gasteiger partial charge in [0.1, 0.15) is 0 Å². The highest BCUT2D eigenvalue weighted by molar-refractivity contribution is 5.94. The van der Waals surface area contributed by atoms with Crippen molar-refractivity contribution >= 4 is 11.9 Å². The van der Waals surface area contributed by atoms with Gasteiger partial charge in [-0.25, -0.2) is 0 Å². The lowest BCUT2D eigenvalue weighted by Crippen LogP contribution is -2.47. The van der Waals surface area contributed by atoms with Crippen molar-refractivity contribution < 1.29 is 18.8 Å². The molecule has 2 aromatic rings. The molecule has 1 aromatic carbocycles. The van der Waals surface area contributed by atoms with Crippen LogP contribution < -0.4 is 0 Å². The Hall–Kier alpha value is -2.63. The fourth-order valence-electron chi connectivity index (χ4n) is 5.29. The molecule has 2 saturated heterocycles. The number of benzene rings is 1. The van der Waals surface area contributed by atoms with Crippen molar-refractivity contribution in [1.29, 1.82) is 0 Å². The van der Waals surface area contributed by atoms with Gasteiger partial charge in [0, 0.05) is 24.1 Å². The van der Waals surface area contributed by atoms with Crippen LogP contribution in [0.3, 0.4) is 0 Å². The van der Waals surface area contributed by atoms with Crippen LogP contribution in [0.2, 0.25) is 0 Å². The molecule has 2 aliphatic heterocycles. The Morgan fingerprint density at radius 2 is 2.00 bits per heavy atom. The van der Waals surface area contributed by atoms with E-state index in [1.165, 1.54) is 0 Å². The lowest BCUT2D eigenvalue weighted by atomic mass is 9.70. The quantitative estimate of drug-likeness (QED) is 0.698. The fourth-order valence-corrected chi connectivity index (χ4v) is 5.29. The summed E-state index contributed by atoms with van der Waals surface area (Å²) in [5, 5.41) is 4.10. The van der Waals surface area contributed by atoms with Gasteiger partial charge in [0.2, 0.25) is 5.76 Å². The Morgan fingerprint density at radius 3 is 2.72 bits per heavy atom. The molecule has 1 aromatic heterocycles. The van der Waals surface area contributed by atoms with Crippen LogP contribution >= 0.6 is 0 Å². The first-order valence-corrected chi connectivity index (χ1v) is 10.6. The second-order valence-electron chi connectivity index (χ2n) is 8.59. The molecule has 1 aliphatic carbocycles. The molecule has 0 spiro atoms. The van der Waals surface area contributed by atoms with Gasteiger partial charge in [0.25, 0.3) is 5.91 Å². The number of amides is 1. The second-order valence-corrected chi connectivity index (χ2v) is 8.59. The Morgan fingerprint density at radius 1 is 1.21 bits per heavy atom. The third-order valence-corrected chi connectivity index (χ3v) is 6.75. The van der Waals surface area contributed by atoms with Gasteiger partial charge >= 0.3 is 5.97 Å². The predicted molar refractivity (Wildman–Crippen MR) is 105 cm³/mol. The molecule has 6 nitrogen and oxygen atoms in total. The van der Waals surface area contributed by atoms with E-state index in [1.807, 2.05) is 42.2 Å². The monoisotopic (exact) mass is 394 g/mol. The van der Waals surface area contributed by atoms with Gasteiger partial charge in [-0.2, -0.15) is 0 Å². The van der Waals surface area contributed by atoms with Crippen LogP contribution in [0.15, 0.2) is 40.9 Å². The number of fused-ring (bicyclic) bond motifs is 2. The molecule has 3 atom stereocenters. The topological polar surface area (TPSA) is 72.6 Å². The van der Waals surface area contributed by atoms with E-state index >= 15 is 0 Å². The van der Waals surface area contributed by atoms with E-state index in [2.05, 4.69) is 5.16 Å². The average Bonchev–Trinajstić information content (AvgIpc) is 3.20. The molecule has 1 saturated carbocycles. The standard InChI is InChI=1S/C23H26N2O4/c1-2-28-22(27)23(13-15-6-4-3-5-7-15)14-17-10-11-20(23)25(17)21(26)19-12-18(24-29-19)16-8-9-16/h3-7,12,16-17,20H,2,8-11,13-14H2,1H3/t17-,20+,23+/m1/s1. The summed E-state index contributed by atoms with van der Waals surface area (Å²) in [5.41, 5.74) is 1.27. The first-order valence-electron chi connectivity index (χ1n) is 10.6. The third-order valence-electron chi connectivity index (χ3n) is 6.75. The predicted octanol–water partition coefficient (Wildman–Crippen LogP) is 3.72. The van der Waals surface area contributed by atoms with Gasteiger partial charge in [0.15, 0.2) is 0 Å². The molecule has 29 heavy (non-hydrogen) atoms. The molecule has 1 amide bonds. The van der Waals surface area contributed by atoms with Crippen molar-refractivity contribution in [3.8, 4) is 0 Å². The number of ether oxygens (including phenoxy) is 1. The number of hydrogen-bond donors (Lipinski definition) is 0. The van der Waals surface area contributed by atoms with Gasteiger partial charge < -0.3 is 14.2 Å². The molecule has 3 fully saturated rings. The largest absolute Gasteiger partial charge is 0.465 e. The minimum atomic E-state index is -0.699. The van der Waals surface area contributed by atoms with Crippen LogP contribution in [-0.4, -0.2) is 40.6 Å². The van der Waals surface area contributed by atoms with Crippen LogP contribution in [0, 0.1) is 5.41 Å². The van der Waals surface area contributed by atoms with Crippen molar-refractivity contribution in [2.24, 2.45) is 5.41 Å². The number of rotatable bonds is 6. The molecule has 5 rings (SSSR count). The first-order chi connectivity index (χ1) is 14.1. The highest BCUT2D eigenvalue weighted by Gasteiger charge is 2.62. The molecule has 0 N–H and O–H groups in total. The van der Waals surface area contributed by atoms with Gasteiger partial charge in [0.05, 0.1) is 17.7 Å². The van der Waals surface area contributed by atoms with E-state index in [4.69, 9.17) is 9.26 Å². The molecule has 2 bridgehead atoms. The van der Waals surface area contributed by atoms with Gasteiger partial charge in [-0.05, 0) is 51.0 Å². The van der Waals surface area contributed by atoms with E-state index in [0.29, 0.717) is 31.1 Å². The Bertz CT molecular complexity index is 920. The maximum Gasteiger partial charge on any atom is 0.314 e. The summed E-state index contributed by atoms with van der Waals surface area (Å²) in [5.74, 6) is 0.400. The number of esters is 1. The second kappa shape index (κ2) is 7.01. The van der Waals surface area contributed by atoms with Crippen LogP contribution in [-0.2, 0) is 16.0 Å². The summed E-state index contributed by atoms with van der Waals surface area (Å²) in [6, 6.07) is 11.7. The lowest BCUT2D eigenvalue weighted by molar-refractivity contribution is -0.157. The molecule has 6 heteroatoms. The summed E-state index contributed by atoms with van der Waals surface area (Å²) in [6.07, 6.45) is 5.17. The number of hydrogen-bond acceptors (Lipinski definition) is 5. The summed E-state index contributed by atoms with van der Waals surface area (Å²) < 4.78 is 10.9. The van der Waals surface area contributed by atoms with Gasteiger partial charge in [-0.3, -0.25) is 9.59 Å². The fraction of sp³-hybridized carbons (Fsp3) is 0.522. The lowest BCUT2D eigenvalue weighted by Gasteiger charge is -2.35. The minimum Gasteiger partial charge on any atom is -0.465 e. The number of carbonyl (C=O) groups excluding carboxylic acids is 2. The summed E-state index contributed by atoms with van der Waals surface area (Å²) in [4.78, 5) is 28.4. The van der Waals surface area contributed by atoms with Gasteiger partial charge in [-0.15, -0.1) is 0 Å². The number of nitrogens with zero attached hydrogens (tertiary/aromatic N) is 2. The summed E-state index contributed by atoms with van der Waals surface area (Å²) in [7, 11) is 0. The van der Waals surface area contributed by atoms with E-state index in [1.54, 1.807) is 6.07 Å². The highest BCUT2D eigenvalue weighted by atomic mass is 16.5. The van der Waals surface area contributed by atoms with Crippen molar-refractivity contribution in [3.05, 3.63) is 53.4 Å². The van der Waals surface area contributed by atoms with Crippen LogP contribution in [0.25, 0.3) is 0 Å². The SMILES string of the molecule is CCOC(=O)[C@@]1(Cc2ccccc2)C[C@H]2CC[C@@H]1N2C(=O)c1cc(C2CC2)no1. The van der Waals surface area contributed by atoms with Crippen molar-refractivity contribution in [2.45, 2.75) is 63.5 Å². The third kappa shape index (κ3) is 3.05. The number of carbonyl (C=O) groups is 2. The zero-order valence-electron chi connectivity index (χ0n) is 16.7. The van der Waals surface area contributed by atoms with Crippen LogP contribution in [0.5, 0.6) is 0 Å². The zero-order valence-corrected chi connectivity index (χ0v) is 16.7. The van der Waals surface area contributed by atoms with E-state index in [0.717, 1.165) is 36.9 Å². The zero-order chi connectivity index (χ0) is 20.0. The Balaban J connectivity index is 1.45.